The summed E-state index contributed by atoms with van der Waals surface area (Å²) in [5.74, 6) is 1.36. The molecule has 0 aliphatic heterocycles. The van der Waals surface area contributed by atoms with Gasteiger partial charge in [-0.15, -0.1) is 0 Å². The Hall–Kier alpha value is -1.13. The molecule has 1 saturated carbocycles. The van der Waals surface area contributed by atoms with E-state index >= 15 is 0 Å². The lowest BCUT2D eigenvalue weighted by molar-refractivity contribution is -0.0387. The monoisotopic (exact) mass is 278 g/mol. The first-order chi connectivity index (χ1) is 9.49. The summed E-state index contributed by atoms with van der Waals surface area (Å²) < 4.78 is 11.4. The van der Waals surface area contributed by atoms with Gasteiger partial charge in [-0.3, -0.25) is 4.98 Å². The molecular formula is C16H26N2O2. The van der Waals surface area contributed by atoms with Crippen molar-refractivity contribution in [3.05, 3.63) is 23.5 Å². The fourth-order valence-electron chi connectivity index (χ4n) is 2.33. The van der Waals surface area contributed by atoms with Crippen LogP contribution >= 0.6 is 0 Å². The quantitative estimate of drug-likeness (QED) is 0.801. The summed E-state index contributed by atoms with van der Waals surface area (Å²) >= 11 is 0. The van der Waals surface area contributed by atoms with Crippen molar-refractivity contribution in [1.29, 1.82) is 0 Å². The fraction of sp³-hybridized carbons (Fsp3) is 0.688. The van der Waals surface area contributed by atoms with Gasteiger partial charge in [0.2, 0.25) is 0 Å². The summed E-state index contributed by atoms with van der Waals surface area (Å²) in [4.78, 5) is 6.89. The Bertz CT molecular complexity index is 440. The highest BCUT2D eigenvalue weighted by Crippen LogP contribution is 2.30. The van der Waals surface area contributed by atoms with Crippen LogP contribution < -0.4 is 4.74 Å². The molecule has 112 valence electrons. The van der Waals surface area contributed by atoms with E-state index < -0.39 is 0 Å². The summed E-state index contributed by atoms with van der Waals surface area (Å²) in [6.45, 7) is 5.13. The molecule has 0 saturated heterocycles. The Morgan fingerprint density at radius 1 is 1.25 bits per heavy atom. The van der Waals surface area contributed by atoms with Crippen molar-refractivity contribution < 1.29 is 9.47 Å². The molecule has 0 aromatic carbocycles. The van der Waals surface area contributed by atoms with Crippen LogP contribution in [-0.2, 0) is 11.3 Å². The molecule has 0 unspecified atom stereocenters. The molecule has 2 rings (SSSR count). The maximum absolute atomic E-state index is 6.08. The van der Waals surface area contributed by atoms with Gasteiger partial charge in [-0.25, -0.2) is 0 Å². The Kier molecular flexibility index (Phi) is 5.00. The van der Waals surface area contributed by atoms with E-state index in [1.807, 2.05) is 0 Å². The van der Waals surface area contributed by atoms with E-state index in [0.29, 0.717) is 12.0 Å². The smallest absolute Gasteiger partial charge is 0.142 e. The average Bonchev–Trinajstić information content (AvgIpc) is 2.33. The average molecular weight is 278 g/mol. The SMILES string of the molecule is COC1CC(Oc2ccc(C(C)C)nc2CN(C)C)C1. The van der Waals surface area contributed by atoms with Crippen molar-refractivity contribution in [2.75, 3.05) is 21.2 Å². The van der Waals surface area contributed by atoms with Crippen molar-refractivity contribution in [1.82, 2.24) is 9.88 Å². The minimum absolute atomic E-state index is 0.271. The van der Waals surface area contributed by atoms with Gasteiger partial charge >= 0.3 is 0 Å². The number of pyridine rings is 1. The number of hydrogen-bond acceptors (Lipinski definition) is 4. The number of ether oxygens (including phenoxy) is 2. The summed E-state index contributed by atoms with van der Waals surface area (Å²) in [7, 11) is 5.87. The van der Waals surface area contributed by atoms with Gasteiger partial charge in [0.1, 0.15) is 11.9 Å². The largest absolute Gasteiger partial charge is 0.488 e. The molecule has 1 aliphatic rings. The van der Waals surface area contributed by atoms with Crippen LogP contribution in [0.2, 0.25) is 0 Å². The highest BCUT2D eigenvalue weighted by Gasteiger charge is 2.31. The van der Waals surface area contributed by atoms with E-state index in [1.54, 1.807) is 7.11 Å². The molecule has 0 bridgehead atoms. The van der Waals surface area contributed by atoms with Crippen LogP contribution in [0.1, 0.15) is 44.0 Å². The predicted molar refractivity (Wildman–Crippen MR) is 80.2 cm³/mol. The predicted octanol–water partition coefficient (Wildman–Crippen LogP) is 2.82. The lowest BCUT2D eigenvalue weighted by Gasteiger charge is -2.34. The molecule has 1 heterocycles. The minimum atomic E-state index is 0.271. The van der Waals surface area contributed by atoms with Gasteiger partial charge in [0, 0.05) is 32.2 Å². The van der Waals surface area contributed by atoms with Crippen LogP contribution in [0.5, 0.6) is 5.75 Å². The zero-order chi connectivity index (χ0) is 14.7. The number of rotatable bonds is 6. The van der Waals surface area contributed by atoms with E-state index in [1.165, 1.54) is 0 Å². The number of hydrogen-bond donors (Lipinski definition) is 0. The van der Waals surface area contributed by atoms with Crippen molar-refractivity contribution in [2.24, 2.45) is 0 Å². The van der Waals surface area contributed by atoms with Crippen molar-refractivity contribution >= 4 is 0 Å². The Balaban J connectivity index is 2.10. The van der Waals surface area contributed by atoms with E-state index in [9.17, 15) is 0 Å². The van der Waals surface area contributed by atoms with Gasteiger partial charge in [0.25, 0.3) is 0 Å². The molecule has 0 amide bonds. The topological polar surface area (TPSA) is 34.6 Å². The molecule has 4 nitrogen and oxygen atoms in total. The lowest BCUT2D eigenvalue weighted by Crippen LogP contribution is -2.39. The molecule has 4 heteroatoms. The van der Waals surface area contributed by atoms with E-state index in [0.717, 1.165) is 36.5 Å². The Labute approximate surface area is 122 Å². The van der Waals surface area contributed by atoms with Crippen LogP contribution in [0, 0.1) is 0 Å². The second-order valence-electron chi connectivity index (χ2n) is 6.14. The number of aromatic nitrogens is 1. The van der Waals surface area contributed by atoms with Crippen LogP contribution in [0.15, 0.2) is 12.1 Å². The Morgan fingerprint density at radius 3 is 2.50 bits per heavy atom. The van der Waals surface area contributed by atoms with Crippen molar-refractivity contribution in [2.45, 2.75) is 51.4 Å². The van der Waals surface area contributed by atoms with Crippen LogP contribution in [0.4, 0.5) is 0 Å². The molecule has 20 heavy (non-hydrogen) atoms. The fourth-order valence-corrected chi connectivity index (χ4v) is 2.33. The van der Waals surface area contributed by atoms with Crippen molar-refractivity contribution in [3.8, 4) is 5.75 Å². The molecule has 1 fully saturated rings. The highest BCUT2D eigenvalue weighted by atomic mass is 16.5. The molecule has 1 aromatic rings. The van der Waals surface area contributed by atoms with E-state index in [2.05, 4.69) is 45.0 Å². The second kappa shape index (κ2) is 6.55. The minimum Gasteiger partial charge on any atom is -0.488 e. The molecule has 0 atom stereocenters. The molecule has 0 radical (unpaired) electrons. The van der Waals surface area contributed by atoms with Crippen LogP contribution in [-0.4, -0.2) is 43.3 Å². The summed E-state index contributed by atoms with van der Waals surface area (Å²) in [5, 5.41) is 0. The second-order valence-corrected chi connectivity index (χ2v) is 6.14. The summed E-state index contributed by atoms with van der Waals surface area (Å²) in [5.41, 5.74) is 2.15. The van der Waals surface area contributed by atoms with Gasteiger partial charge in [0.15, 0.2) is 0 Å². The third-order valence-corrected chi connectivity index (χ3v) is 3.69. The third kappa shape index (κ3) is 3.70. The van der Waals surface area contributed by atoms with Crippen LogP contribution in [0.25, 0.3) is 0 Å². The number of methoxy groups -OCH3 is 1. The zero-order valence-electron chi connectivity index (χ0n) is 13.2. The van der Waals surface area contributed by atoms with Gasteiger partial charge < -0.3 is 14.4 Å². The molecule has 1 aromatic heterocycles. The van der Waals surface area contributed by atoms with Gasteiger partial charge in [-0.1, -0.05) is 13.8 Å². The van der Waals surface area contributed by atoms with Gasteiger partial charge in [-0.05, 0) is 32.1 Å². The molecule has 1 aliphatic carbocycles. The maximum atomic E-state index is 6.08. The van der Waals surface area contributed by atoms with Gasteiger partial charge in [-0.2, -0.15) is 0 Å². The zero-order valence-corrected chi connectivity index (χ0v) is 13.2. The summed E-state index contributed by atoms with van der Waals surface area (Å²) in [6, 6.07) is 4.15. The lowest BCUT2D eigenvalue weighted by atomic mass is 9.92. The first kappa shape index (κ1) is 15.3. The maximum Gasteiger partial charge on any atom is 0.142 e. The van der Waals surface area contributed by atoms with E-state index in [-0.39, 0.29) is 6.10 Å². The molecule has 0 spiro atoms. The third-order valence-electron chi connectivity index (χ3n) is 3.69. The summed E-state index contributed by atoms with van der Waals surface area (Å²) in [6.07, 6.45) is 2.58. The first-order valence-corrected chi connectivity index (χ1v) is 7.33. The molecular weight excluding hydrogens is 252 g/mol. The number of nitrogens with zero attached hydrogens (tertiary/aromatic N) is 2. The first-order valence-electron chi connectivity index (χ1n) is 7.33. The van der Waals surface area contributed by atoms with E-state index in [4.69, 9.17) is 14.5 Å². The highest BCUT2D eigenvalue weighted by molar-refractivity contribution is 5.31. The van der Waals surface area contributed by atoms with Gasteiger partial charge in [0.05, 0.1) is 11.8 Å². The normalized spacial score (nSPS) is 22.1. The van der Waals surface area contributed by atoms with Crippen molar-refractivity contribution in [3.63, 3.8) is 0 Å². The standard InChI is InChI=1S/C16H26N2O2/c1-11(2)14-6-7-16(15(17-14)10-18(3)4)20-13-8-12(9-13)19-5/h6-7,11-13H,8-10H2,1-5H3. The molecule has 0 N–H and O–H groups in total. The van der Waals surface area contributed by atoms with Crippen LogP contribution in [0.3, 0.4) is 0 Å². The Morgan fingerprint density at radius 2 is 1.95 bits per heavy atom.